The smallest absolute Gasteiger partial charge is 0.319 e. The van der Waals surface area contributed by atoms with Crippen LogP contribution in [0.4, 0.5) is 10.5 Å². The normalized spacial score (nSPS) is 11.9. The van der Waals surface area contributed by atoms with Gasteiger partial charge in [0.2, 0.25) is 0 Å². The number of carbonyl (C=O) groups excluding carboxylic acids is 1. The van der Waals surface area contributed by atoms with Crippen molar-refractivity contribution in [2.24, 2.45) is 0 Å². The highest BCUT2D eigenvalue weighted by Gasteiger charge is 2.13. The molecule has 0 spiro atoms. The Balaban J connectivity index is 2.09. The van der Waals surface area contributed by atoms with E-state index in [1.54, 1.807) is 0 Å². The van der Waals surface area contributed by atoms with Crippen LogP contribution in [0.1, 0.15) is 40.8 Å². The van der Waals surface area contributed by atoms with Crippen molar-refractivity contribution in [3.8, 4) is 0 Å². The van der Waals surface area contributed by atoms with Gasteiger partial charge in [-0.1, -0.05) is 42.0 Å². The SMILES string of the molecule is Cc1cc(C)c(NC(=O)NC(C)c2ccccc2C)c(C)c1. The Bertz CT molecular complexity index is 669. The van der Waals surface area contributed by atoms with E-state index in [1.807, 2.05) is 39.0 Å². The summed E-state index contributed by atoms with van der Waals surface area (Å²) in [7, 11) is 0. The average molecular weight is 296 g/mol. The highest BCUT2D eigenvalue weighted by atomic mass is 16.2. The van der Waals surface area contributed by atoms with Gasteiger partial charge in [0, 0.05) is 5.69 Å². The van der Waals surface area contributed by atoms with E-state index in [0.29, 0.717) is 0 Å². The fourth-order valence-corrected chi connectivity index (χ4v) is 2.87. The van der Waals surface area contributed by atoms with E-state index in [4.69, 9.17) is 0 Å². The number of nitrogens with one attached hydrogen (secondary N) is 2. The Morgan fingerprint density at radius 1 is 0.955 bits per heavy atom. The predicted molar refractivity (Wildman–Crippen MR) is 92.4 cm³/mol. The molecule has 0 bridgehead atoms. The van der Waals surface area contributed by atoms with Crippen molar-refractivity contribution in [2.75, 3.05) is 5.32 Å². The molecule has 0 saturated heterocycles. The minimum absolute atomic E-state index is 0.0349. The molecular formula is C19H24N2O. The number of rotatable bonds is 3. The number of carbonyl (C=O) groups is 1. The lowest BCUT2D eigenvalue weighted by Crippen LogP contribution is -2.32. The number of aryl methyl sites for hydroxylation is 4. The maximum Gasteiger partial charge on any atom is 0.319 e. The third-order valence-corrected chi connectivity index (χ3v) is 3.92. The van der Waals surface area contributed by atoms with Crippen molar-refractivity contribution in [3.63, 3.8) is 0 Å². The molecule has 1 unspecified atom stereocenters. The first-order valence-electron chi connectivity index (χ1n) is 7.59. The summed E-state index contributed by atoms with van der Waals surface area (Å²) in [6.45, 7) is 10.1. The van der Waals surface area contributed by atoms with Gasteiger partial charge in [-0.25, -0.2) is 4.79 Å². The first-order chi connectivity index (χ1) is 10.4. The van der Waals surface area contributed by atoms with Gasteiger partial charge in [-0.3, -0.25) is 0 Å². The second kappa shape index (κ2) is 6.65. The van der Waals surface area contributed by atoms with E-state index in [1.165, 1.54) is 11.1 Å². The van der Waals surface area contributed by atoms with E-state index < -0.39 is 0 Å². The molecule has 0 aliphatic rings. The molecule has 0 aliphatic heterocycles. The number of amides is 2. The van der Waals surface area contributed by atoms with Gasteiger partial charge in [0.15, 0.2) is 0 Å². The lowest BCUT2D eigenvalue weighted by Gasteiger charge is -2.18. The quantitative estimate of drug-likeness (QED) is 0.839. The Morgan fingerprint density at radius 3 is 2.14 bits per heavy atom. The van der Waals surface area contributed by atoms with Crippen LogP contribution in [-0.4, -0.2) is 6.03 Å². The zero-order valence-corrected chi connectivity index (χ0v) is 13.9. The van der Waals surface area contributed by atoms with Crippen LogP contribution < -0.4 is 10.6 Å². The Hall–Kier alpha value is -2.29. The Kier molecular flexibility index (Phi) is 4.86. The molecule has 116 valence electrons. The summed E-state index contributed by atoms with van der Waals surface area (Å²) < 4.78 is 0. The maximum absolute atomic E-state index is 12.3. The van der Waals surface area contributed by atoms with E-state index >= 15 is 0 Å². The van der Waals surface area contributed by atoms with Crippen LogP contribution in [0.25, 0.3) is 0 Å². The number of anilines is 1. The van der Waals surface area contributed by atoms with Crippen molar-refractivity contribution in [2.45, 2.75) is 40.7 Å². The zero-order valence-electron chi connectivity index (χ0n) is 13.9. The molecule has 0 heterocycles. The lowest BCUT2D eigenvalue weighted by atomic mass is 10.0. The van der Waals surface area contributed by atoms with Crippen LogP contribution >= 0.6 is 0 Å². The Labute approximate surface area is 132 Å². The standard InChI is InChI=1S/C19H24N2O/c1-12-10-14(3)18(15(4)11-12)21-19(22)20-16(5)17-9-7-6-8-13(17)2/h6-11,16H,1-5H3,(H2,20,21,22). The highest BCUT2D eigenvalue weighted by Crippen LogP contribution is 2.22. The van der Waals surface area contributed by atoms with Crippen LogP contribution in [0.2, 0.25) is 0 Å². The molecule has 0 aliphatic carbocycles. The van der Waals surface area contributed by atoms with E-state index in [0.717, 1.165) is 22.4 Å². The first-order valence-corrected chi connectivity index (χ1v) is 7.59. The summed E-state index contributed by atoms with van der Waals surface area (Å²) in [5, 5.41) is 5.98. The number of urea groups is 1. The van der Waals surface area contributed by atoms with Crippen LogP contribution in [0.15, 0.2) is 36.4 Å². The van der Waals surface area contributed by atoms with Gasteiger partial charge in [0.05, 0.1) is 6.04 Å². The molecular weight excluding hydrogens is 272 g/mol. The maximum atomic E-state index is 12.3. The van der Waals surface area contributed by atoms with Gasteiger partial charge in [-0.2, -0.15) is 0 Å². The molecule has 3 heteroatoms. The summed E-state index contributed by atoms with van der Waals surface area (Å²) in [4.78, 5) is 12.3. The molecule has 1 atom stereocenters. The van der Waals surface area contributed by atoms with Gasteiger partial charge in [0.25, 0.3) is 0 Å². The van der Waals surface area contributed by atoms with Crippen molar-refractivity contribution in [3.05, 3.63) is 64.2 Å². The summed E-state index contributed by atoms with van der Waals surface area (Å²) in [5.74, 6) is 0. The summed E-state index contributed by atoms with van der Waals surface area (Å²) in [5.41, 5.74) is 6.56. The molecule has 2 aromatic carbocycles. The molecule has 0 aromatic heterocycles. The molecule has 0 radical (unpaired) electrons. The number of hydrogen-bond donors (Lipinski definition) is 2. The molecule has 0 fully saturated rings. The van der Waals surface area contributed by atoms with E-state index in [9.17, 15) is 4.79 Å². The fraction of sp³-hybridized carbons (Fsp3) is 0.316. The first kappa shape index (κ1) is 16.1. The fourth-order valence-electron chi connectivity index (χ4n) is 2.87. The van der Waals surface area contributed by atoms with Gasteiger partial charge in [-0.05, 0) is 56.9 Å². The molecule has 2 N–H and O–H groups in total. The minimum Gasteiger partial charge on any atom is -0.331 e. The second-order valence-corrected chi connectivity index (χ2v) is 5.95. The van der Waals surface area contributed by atoms with Gasteiger partial charge in [0.1, 0.15) is 0 Å². The summed E-state index contributed by atoms with van der Waals surface area (Å²) in [6.07, 6.45) is 0. The zero-order chi connectivity index (χ0) is 16.3. The molecule has 22 heavy (non-hydrogen) atoms. The molecule has 0 saturated carbocycles. The molecule has 3 nitrogen and oxygen atoms in total. The number of benzene rings is 2. The van der Waals surface area contributed by atoms with Crippen LogP contribution in [0.3, 0.4) is 0 Å². The van der Waals surface area contributed by atoms with Gasteiger partial charge >= 0.3 is 6.03 Å². The third-order valence-electron chi connectivity index (χ3n) is 3.92. The number of hydrogen-bond acceptors (Lipinski definition) is 1. The van der Waals surface area contributed by atoms with E-state index in [2.05, 4.69) is 42.7 Å². The minimum atomic E-state index is -0.175. The van der Waals surface area contributed by atoms with Crippen LogP contribution in [-0.2, 0) is 0 Å². The van der Waals surface area contributed by atoms with Gasteiger partial charge in [-0.15, -0.1) is 0 Å². The second-order valence-electron chi connectivity index (χ2n) is 5.95. The summed E-state index contributed by atoms with van der Waals surface area (Å²) >= 11 is 0. The lowest BCUT2D eigenvalue weighted by molar-refractivity contribution is 0.249. The Morgan fingerprint density at radius 2 is 1.55 bits per heavy atom. The van der Waals surface area contributed by atoms with Crippen LogP contribution in [0, 0.1) is 27.7 Å². The largest absolute Gasteiger partial charge is 0.331 e. The van der Waals surface area contributed by atoms with E-state index in [-0.39, 0.29) is 12.1 Å². The van der Waals surface area contributed by atoms with Crippen LogP contribution in [0.5, 0.6) is 0 Å². The molecule has 2 aromatic rings. The highest BCUT2D eigenvalue weighted by molar-refractivity contribution is 5.91. The summed E-state index contributed by atoms with van der Waals surface area (Å²) in [6, 6.07) is 12.0. The average Bonchev–Trinajstić information content (AvgIpc) is 2.43. The predicted octanol–water partition coefficient (Wildman–Crippen LogP) is 4.80. The van der Waals surface area contributed by atoms with Crippen molar-refractivity contribution in [1.29, 1.82) is 0 Å². The third kappa shape index (κ3) is 3.67. The van der Waals surface area contributed by atoms with Crippen molar-refractivity contribution < 1.29 is 4.79 Å². The molecule has 2 amide bonds. The van der Waals surface area contributed by atoms with Gasteiger partial charge < -0.3 is 10.6 Å². The van der Waals surface area contributed by atoms with Crippen molar-refractivity contribution in [1.82, 2.24) is 5.32 Å². The van der Waals surface area contributed by atoms with Crippen molar-refractivity contribution >= 4 is 11.7 Å². The monoisotopic (exact) mass is 296 g/mol. The topological polar surface area (TPSA) is 41.1 Å². The molecule has 2 rings (SSSR count).